The maximum absolute atomic E-state index is 12.9. The van der Waals surface area contributed by atoms with Gasteiger partial charge < -0.3 is 4.52 Å². The van der Waals surface area contributed by atoms with Crippen LogP contribution < -0.4 is 0 Å². The van der Waals surface area contributed by atoms with Crippen molar-refractivity contribution in [1.29, 1.82) is 5.26 Å². The molecule has 4 aromatic rings. The van der Waals surface area contributed by atoms with Crippen molar-refractivity contribution in [3.63, 3.8) is 0 Å². The molecule has 0 aliphatic heterocycles. The monoisotopic (exact) mass is 394 g/mol. The third-order valence-corrected chi connectivity index (χ3v) is 4.23. The standard InChI is InChI=1S/C19H9F3N6O/c1-24-15-5-6-16-14(13(15)8-23)9-25-28(16)10-17-26-18(29-27-17)11-3-2-4-12(7-11)19(20,21)22/h2-7,9H,10H2. The fraction of sp³-hybridized carbons (Fsp3) is 0.105. The van der Waals surface area contributed by atoms with Gasteiger partial charge in [-0.05, 0) is 24.3 Å². The molecule has 0 atom stereocenters. The SMILES string of the molecule is [C-]#[N+]c1ccc2c(cnn2Cc2noc(-c3cccc(C(F)(F)F)c3)n2)c1C#N. The third-order valence-electron chi connectivity index (χ3n) is 4.23. The van der Waals surface area contributed by atoms with Crippen molar-refractivity contribution in [3.8, 4) is 17.5 Å². The molecule has 0 aliphatic carbocycles. The molecule has 2 heterocycles. The van der Waals surface area contributed by atoms with Crippen LogP contribution in [0, 0.1) is 17.9 Å². The number of nitriles is 1. The molecule has 0 saturated heterocycles. The van der Waals surface area contributed by atoms with Crippen molar-refractivity contribution < 1.29 is 17.7 Å². The summed E-state index contributed by atoms with van der Waals surface area (Å²) in [6.07, 6.45) is -3.01. The summed E-state index contributed by atoms with van der Waals surface area (Å²) < 4.78 is 45.3. The highest BCUT2D eigenvalue weighted by molar-refractivity contribution is 5.90. The lowest BCUT2D eigenvalue weighted by Gasteiger charge is -2.06. The Balaban J connectivity index is 1.66. The summed E-state index contributed by atoms with van der Waals surface area (Å²) in [5.74, 6) is 0.158. The van der Waals surface area contributed by atoms with Crippen molar-refractivity contribution in [2.75, 3.05) is 0 Å². The van der Waals surface area contributed by atoms with E-state index in [0.717, 1.165) is 12.1 Å². The topological polar surface area (TPSA) is 84.9 Å². The predicted octanol–water partition coefficient (Wildman–Crippen LogP) is 4.58. The van der Waals surface area contributed by atoms with Crippen molar-refractivity contribution in [2.24, 2.45) is 0 Å². The van der Waals surface area contributed by atoms with E-state index < -0.39 is 11.7 Å². The fourth-order valence-corrected chi connectivity index (χ4v) is 2.88. The molecule has 0 spiro atoms. The maximum atomic E-state index is 12.9. The zero-order chi connectivity index (χ0) is 20.6. The van der Waals surface area contributed by atoms with Gasteiger partial charge in [-0.15, -0.1) is 0 Å². The summed E-state index contributed by atoms with van der Waals surface area (Å²) in [7, 11) is 0. The summed E-state index contributed by atoms with van der Waals surface area (Å²) in [4.78, 5) is 7.46. The van der Waals surface area contributed by atoms with E-state index in [2.05, 4.69) is 20.1 Å². The van der Waals surface area contributed by atoms with Gasteiger partial charge >= 0.3 is 6.18 Å². The van der Waals surface area contributed by atoms with E-state index in [1.54, 1.807) is 6.07 Å². The van der Waals surface area contributed by atoms with Gasteiger partial charge in [0.05, 0.1) is 35.5 Å². The lowest BCUT2D eigenvalue weighted by molar-refractivity contribution is -0.137. The molecule has 0 bridgehead atoms. The number of aromatic nitrogens is 4. The first-order valence-electron chi connectivity index (χ1n) is 8.17. The average molecular weight is 394 g/mol. The van der Waals surface area contributed by atoms with Crippen LogP contribution >= 0.6 is 0 Å². The summed E-state index contributed by atoms with van der Waals surface area (Å²) in [6, 6.07) is 9.79. The smallest absolute Gasteiger partial charge is 0.334 e. The number of alkyl halides is 3. The lowest BCUT2D eigenvalue weighted by atomic mass is 10.1. The minimum absolute atomic E-state index is 0.0458. The van der Waals surface area contributed by atoms with Gasteiger partial charge in [-0.25, -0.2) is 4.85 Å². The molecule has 0 unspecified atom stereocenters. The number of benzene rings is 2. The van der Waals surface area contributed by atoms with E-state index in [4.69, 9.17) is 11.1 Å². The molecular formula is C19H9F3N6O. The van der Waals surface area contributed by atoms with Gasteiger partial charge in [-0.1, -0.05) is 17.3 Å². The first kappa shape index (κ1) is 18.2. The van der Waals surface area contributed by atoms with Crippen LogP contribution in [0.4, 0.5) is 18.9 Å². The number of rotatable bonds is 3. The fourth-order valence-electron chi connectivity index (χ4n) is 2.88. The summed E-state index contributed by atoms with van der Waals surface area (Å²) >= 11 is 0. The predicted molar refractivity (Wildman–Crippen MR) is 94.5 cm³/mol. The molecule has 0 saturated carbocycles. The number of hydrogen-bond acceptors (Lipinski definition) is 5. The van der Waals surface area contributed by atoms with E-state index >= 15 is 0 Å². The van der Waals surface area contributed by atoms with E-state index in [9.17, 15) is 18.4 Å². The minimum Gasteiger partial charge on any atom is -0.334 e. The highest BCUT2D eigenvalue weighted by Crippen LogP contribution is 2.32. The van der Waals surface area contributed by atoms with Crippen LogP contribution in [0.25, 0.3) is 27.2 Å². The Labute approximate surface area is 161 Å². The largest absolute Gasteiger partial charge is 0.416 e. The number of halogens is 3. The molecule has 4 rings (SSSR count). The highest BCUT2D eigenvalue weighted by Gasteiger charge is 2.30. The molecule has 142 valence electrons. The second kappa shape index (κ2) is 6.77. The number of nitrogens with zero attached hydrogens (tertiary/aromatic N) is 6. The second-order valence-electron chi connectivity index (χ2n) is 6.01. The molecule has 0 fully saturated rings. The van der Waals surface area contributed by atoms with Crippen molar-refractivity contribution in [1.82, 2.24) is 19.9 Å². The van der Waals surface area contributed by atoms with Gasteiger partial charge in [0.1, 0.15) is 6.54 Å². The summed E-state index contributed by atoms with van der Waals surface area (Å²) in [5, 5.41) is 17.8. The summed E-state index contributed by atoms with van der Waals surface area (Å²) in [6.45, 7) is 7.21. The number of fused-ring (bicyclic) bond motifs is 1. The Morgan fingerprint density at radius 3 is 2.79 bits per heavy atom. The molecule has 29 heavy (non-hydrogen) atoms. The van der Waals surface area contributed by atoms with Gasteiger partial charge in [-0.2, -0.15) is 28.5 Å². The molecule has 10 heteroatoms. The summed E-state index contributed by atoms with van der Waals surface area (Å²) in [5.41, 5.74) is 0.386. The Morgan fingerprint density at radius 2 is 2.07 bits per heavy atom. The zero-order valence-corrected chi connectivity index (χ0v) is 14.5. The quantitative estimate of drug-likeness (QED) is 0.475. The van der Waals surface area contributed by atoms with Gasteiger partial charge in [0.2, 0.25) is 5.69 Å². The van der Waals surface area contributed by atoms with E-state index in [0.29, 0.717) is 10.9 Å². The Bertz CT molecular complexity index is 1310. The van der Waals surface area contributed by atoms with Crippen LogP contribution in [0.3, 0.4) is 0 Å². The molecule has 0 N–H and O–H groups in total. The molecule has 0 amide bonds. The van der Waals surface area contributed by atoms with E-state index in [-0.39, 0.29) is 35.1 Å². The average Bonchev–Trinajstić information content (AvgIpc) is 3.34. The minimum atomic E-state index is -4.48. The maximum Gasteiger partial charge on any atom is 0.416 e. The van der Waals surface area contributed by atoms with Gasteiger partial charge in [-0.3, -0.25) is 4.68 Å². The van der Waals surface area contributed by atoms with Crippen LogP contribution in [0.2, 0.25) is 0 Å². The first-order chi connectivity index (χ1) is 13.9. The molecule has 2 aromatic carbocycles. The molecule has 2 aromatic heterocycles. The van der Waals surface area contributed by atoms with Crippen LogP contribution in [0.1, 0.15) is 17.0 Å². The Hall–Kier alpha value is -4.18. The van der Waals surface area contributed by atoms with Gasteiger partial charge in [0.15, 0.2) is 5.82 Å². The van der Waals surface area contributed by atoms with Gasteiger partial charge in [0, 0.05) is 10.9 Å². The Kier molecular flexibility index (Phi) is 4.24. The molecule has 7 nitrogen and oxygen atoms in total. The number of hydrogen-bond donors (Lipinski definition) is 0. The zero-order valence-electron chi connectivity index (χ0n) is 14.5. The second-order valence-corrected chi connectivity index (χ2v) is 6.01. The lowest BCUT2D eigenvalue weighted by Crippen LogP contribution is -2.04. The Morgan fingerprint density at radius 1 is 1.24 bits per heavy atom. The molecule has 0 aliphatic rings. The normalized spacial score (nSPS) is 11.3. The van der Waals surface area contributed by atoms with Gasteiger partial charge in [0.25, 0.3) is 5.89 Å². The van der Waals surface area contributed by atoms with Crippen molar-refractivity contribution in [3.05, 3.63) is 71.0 Å². The highest BCUT2D eigenvalue weighted by atomic mass is 19.4. The van der Waals surface area contributed by atoms with Crippen LogP contribution in [-0.4, -0.2) is 19.9 Å². The van der Waals surface area contributed by atoms with E-state index in [1.807, 2.05) is 6.07 Å². The molecule has 0 radical (unpaired) electrons. The molecular weight excluding hydrogens is 385 g/mol. The van der Waals surface area contributed by atoms with Crippen molar-refractivity contribution >= 4 is 16.6 Å². The first-order valence-corrected chi connectivity index (χ1v) is 8.17. The van der Waals surface area contributed by atoms with E-state index in [1.165, 1.54) is 29.1 Å². The third kappa shape index (κ3) is 3.28. The van der Waals surface area contributed by atoms with Crippen LogP contribution in [-0.2, 0) is 12.7 Å². The van der Waals surface area contributed by atoms with Crippen LogP contribution in [0.5, 0.6) is 0 Å². The van der Waals surface area contributed by atoms with Crippen molar-refractivity contribution in [2.45, 2.75) is 12.7 Å². The van der Waals surface area contributed by atoms with Crippen LogP contribution in [0.15, 0.2) is 47.1 Å².